The van der Waals surface area contributed by atoms with E-state index in [2.05, 4.69) is 4.74 Å². The molecule has 0 unspecified atom stereocenters. The predicted molar refractivity (Wildman–Crippen MR) is 59.6 cm³/mol. The quantitative estimate of drug-likeness (QED) is 0.726. The van der Waals surface area contributed by atoms with Gasteiger partial charge in [0.15, 0.2) is 0 Å². The van der Waals surface area contributed by atoms with Crippen LogP contribution in [0.4, 0.5) is 0 Å². The highest BCUT2D eigenvalue weighted by Crippen LogP contribution is 2.14. The first-order chi connectivity index (χ1) is 7.17. The van der Waals surface area contributed by atoms with Crippen LogP contribution < -0.4 is 5.73 Å². The predicted octanol–water partition coefficient (Wildman–Crippen LogP) is 0.855. The molecule has 0 saturated carbocycles. The number of hydrogen-bond donors (Lipinski definition) is 1. The van der Waals surface area contributed by atoms with Crippen LogP contribution in [0, 0.1) is 5.92 Å². The highest BCUT2D eigenvalue weighted by molar-refractivity contribution is 5.80. The lowest BCUT2D eigenvalue weighted by Crippen LogP contribution is -2.37. The maximum Gasteiger partial charge on any atom is 0.310 e. The molecule has 0 saturated heterocycles. The van der Waals surface area contributed by atoms with E-state index < -0.39 is 29.5 Å². The second-order valence-electron chi connectivity index (χ2n) is 4.78. The minimum Gasteiger partial charge on any atom is -0.469 e. The second kappa shape index (κ2) is 5.84. The van der Waals surface area contributed by atoms with Gasteiger partial charge in [-0.25, -0.2) is 0 Å². The topological polar surface area (TPSA) is 78.6 Å². The highest BCUT2D eigenvalue weighted by Gasteiger charge is 2.28. The van der Waals surface area contributed by atoms with Crippen LogP contribution in [0.3, 0.4) is 0 Å². The normalized spacial score (nSPS) is 15.1. The molecule has 0 aliphatic rings. The summed E-state index contributed by atoms with van der Waals surface area (Å²) in [5.41, 5.74) is 5.06. The molecule has 0 aliphatic heterocycles. The lowest BCUT2D eigenvalue weighted by molar-refractivity contribution is -0.161. The standard InChI is InChI=1S/C11H21NO4/c1-7(12)8(10(14)15-5)6-9(13)16-11(2,3)4/h7-8H,6,12H2,1-5H3/t7-,8+/m1/s1. The van der Waals surface area contributed by atoms with Crippen molar-refractivity contribution in [2.45, 2.75) is 45.8 Å². The van der Waals surface area contributed by atoms with Crippen molar-refractivity contribution < 1.29 is 19.1 Å². The van der Waals surface area contributed by atoms with Gasteiger partial charge in [-0.1, -0.05) is 0 Å². The van der Waals surface area contributed by atoms with E-state index in [4.69, 9.17) is 10.5 Å². The summed E-state index contributed by atoms with van der Waals surface area (Å²) in [6, 6.07) is -0.444. The molecule has 0 radical (unpaired) electrons. The van der Waals surface area contributed by atoms with E-state index in [1.165, 1.54) is 7.11 Å². The van der Waals surface area contributed by atoms with Gasteiger partial charge in [-0.05, 0) is 27.7 Å². The summed E-state index contributed by atoms with van der Waals surface area (Å²) < 4.78 is 9.69. The third-order valence-corrected chi connectivity index (χ3v) is 1.95. The molecule has 0 bridgehead atoms. The van der Waals surface area contributed by atoms with Crippen LogP contribution in [-0.4, -0.2) is 30.7 Å². The zero-order valence-electron chi connectivity index (χ0n) is 10.6. The smallest absolute Gasteiger partial charge is 0.310 e. The van der Waals surface area contributed by atoms with Gasteiger partial charge in [-0.2, -0.15) is 0 Å². The van der Waals surface area contributed by atoms with E-state index in [1.807, 2.05) is 0 Å². The molecule has 0 fully saturated rings. The van der Waals surface area contributed by atoms with E-state index in [0.29, 0.717) is 0 Å². The second-order valence-corrected chi connectivity index (χ2v) is 4.78. The van der Waals surface area contributed by atoms with Crippen molar-refractivity contribution in [3.8, 4) is 0 Å². The molecular formula is C11H21NO4. The monoisotopic (exact) mass is 231 g/mol. The van der Waals surface area contributed by atoms with Gasteiger partial charge in [0.2, 0.25) is 0 Å². The highest BCUT2D eigenvalue weighted by atomic mass is 16.6. The molecule has 2 atom stereocenters. The minimum atomic E-state index is -0.653. The van der Waals surface area contributed by atoms with Crippen LogP contribution >= 0.6 is 0 Å². The number of nitrogens with two attached hydrogens (primary N) is 1. The largest absolute Gasteiger partial charge is 0.469 e. The molecule has 0 aliphatic carbocycles. The van der Waals surface area contributed by atoms with E-state index in [9.17, 15) is 9.59 Å². The Morgan fingerprint density at radius 1 is 1.31 bits per heavy atom. The van der Waals surface area contributed by atoms with Gasteiger partial charge in [0.25, 0.3) is 0 Å². The van der Waals surface area contributed by atoms with Crippen molar-refractivity contribution in [1.82, 2.24) is 0 Å². The molecule has 0 aromatic carbocycles. The number of ether oxygens (including phenoxy) is 2. The molecule has 0 aromatic heterocycles. The zero-order valence-corrected chi connectivity index (χ0v) is 10.6. The number of methoxy groups -OCH3 is 1. The van der Waals surface area contributed by atoms with Crippen molar-refractivity contribution in [2.24, 2.45) is 11.7 Å². The van der Waals surface area contributed by atoms with E-state index >= 15 is 0 Å². The molecule has 16 heavy (non-hydrogen) atoms. The fourth-order valence-electron chi connectivity index (χ4n) is 1.20. The molecule has 0 amide bonds. The van der Waals surface area contributed by atoms with Crippen molar-refractivity contribution in [2.75, 3.05) is 7.11 Å². The van der Waals surface area contributed by atoms with E-state index in [1.54, 1.807) is 27.7 Å². The number of carbonyl (C=O) groups excluding carboxylic acids is 2. The van der Waals surface area contributed by atoms with Crippen LogP contribution in [0.1, 0.15) is 34.1 Å². The first-order valence-corrected chi connectivity index (χ1v) is 5.22. The van der Waals surface area contributed by atoms with Gasteiger partial charge in [0, 0.05) is 6.04 Å². The Kier molecular flexibility index (Phi) is 5.44. The molecule has 0 spiro atoms. The molecule has 0 heterocycles. The summed E-state index contributed by atoms with van der Waals surface area (Å²) in [6.07, 6.45) is -0.0540. The number of hydrogen-bond acceptors (Lipinski definition) is 5. The third kappa shape index (κ3) is 5.70. The van der Waals surface area contributed by atoms with Crippen molar-refractivity contribution in [3.05, 3.63) is 0 Å². The summed E-state index contributed by atoms with van der Waals surface area (Å²) in [5.74, 6) is -1.58. The van der Waals surface area contributed by atoms with Gasteiger partial charge in [0.05, 0.1) is 19.4 Å². The maximum absolute atomic E-state index is 11.5. The van der Waals surface area contributed by atoms with Crippen LogP contribution in [0.2, 0.25) is 0 Å². The summed E-state index contributed by atoms with van der Waals surface area (Å²) >= 11 is 0. The van der Waals surface area contributed by atoms with Crippen LogP contribution in [0.15, 0.2) is 0 Å². The summed E-state index contributed by atoms with van der Waals surface area (Å²) in [6.45, 7) is 6.96. The lowest BCUT2D eigenvalue weighted by Gasteiger charge is -2.22. The first kappa shape index (κ1) is 14.9. The Labute approximate surface area is 96.3 Å². The SMILES string of the molecule is COC(=O)[C@@H](CC(=O)OC(C)(C)C)[C@@H](C)N. The molecule has 0 aromatic rings. The average Bonchev–Trinajstić information content (AvgIpc) is 2.09. The Balaban J connectivity index is 4.42. The van der Waals surface area contributed by atoms with Gasteiger partial charge in [0.1, 0.15) is 5.60 Å². The lowest BCUT2D eigenvalue weighted by atomic mass is 9.98. The molecule has 5 nitrogen and oxygen atoms in total. The summed E-state index contributed by atoms with van der Waals surface area (Å²) in [5, 5.41) is 0. The summed E-state index contributed by atoms with van der Waals surface area (Å²) in [4.78, 5) is 22.9. The summed E-state index contributed by atoms with van der Waals surface area (Å²) in [7, 11) is 1.27. The number of rotatable bonds is 4. The molecule has 5 heteroatoms. The Morgan fingerprint density at radius 2 is 1.81 bits per heavy atom. The minimum absolute atomic E-state index is 0.0540. The number of carbonyl (C=O) groups is 2. The van der Waals surface area contributed by atoms with Crippen LogP contribution in [0.25, 0.3) is 0 Å². The Morgan fingerprint density at radius 3 is 2.12 bits per heavy atom. The first-order valence-electron chi connectivity index (χ1n) is 5.22. The zero-order chi connectivity index (χ0) is 12.9. The van der Waals surface area contributed by atoms with Crippen LogP contribution in [0.5, 0.6) is 0 Å². The third-order valence-electron chi connectivity index (χ3n) is 1.95. The van der Waals surface area contributed by atoms with Gasteiger partial charge >= 0.3 is 11.9 Å². The average molecular weight is 231 g/mol. The molecule has 2 N–H and O–H groups in total. The maximum atomic E-state index is 11.5. The fraction of sp³-hybridized carbons (Fsp3) is 0.818. The van der Waals surface area contributed by atoms with Crippen molar-refractivity contribution in [3.63, 3.8) is 0 Å². The van der Waals surface area contributed by atoms with E-state index in [0.717, 1.165) is 0 Å². The van der Waals surface area contributed by atoms with Crippen molar-refractivity contribution in [1.29, 1.82) is 0 Å². The molecular weight excluding hydrogens is 210 g/mol. The van der Waals surface area contributed by atoms with Gasteiger partial charge in [-0.3, -0.25) is 9.59 Å². The van der Waals surface area contributed by atoms with E-state index in [-0.39, 0.29) is 6.42 Å². The van der Waals surface area contributed by atoms with Gasteiger partial charge in [-0.15, -0.1) is 0 Å². The van der Waals surface area contributed by atoms with Crippen molar-refractivity contribution >= 4 is 11.9 Å². The molecule has 0 rings (SSSR count). The molecule has 94 valence electrons. The number of esters is 2. The fourth-order valence-corrected chi connectivity index (χ4v) is 1.20. The Bertz CT molecular complexity index is 255. The van der Waals surface area contributed by atoms with Gasteiger partial charge < -0.3 is 15.2 Å². The Hall–Kier alpha value is -1.10. The van der Waals surface area contributed by atoms with Crippen LogP contribution in [-0.2, 0) is 19.1 Å².